The van der Waals surface area contributed by atoms with Crippen molar-refractivity contribution >= 4 is 63.5 Å². The lowest BCUT2D eigenvalue weighted by atomic mass is 9.78. The fraction of sp³-hybridized carbons (Fsp3) is 0.278. The van der Waals surface area contributed by atoms with E-state index in [-0.39, 0.29) is 5.91 Å². The number of ether oxygens (including phenoxy) is 2. The molecule has 11 rings (SSSR count). The molecule has 1 amide bonds. The second-order valence-electron chi connectivity index (χ2n) is 19.2. The number of piperazine rings is 1. The van der Waals surface area contributed by atoms with Gasteiger partial charge in [0.2, 0.25) is 0 Å². The number of likely N-dealkylation sites (N-methyl/N-ethyl adjacent to an activating group) is 1. The highest BCUT2D eigenvalue weighted by atomic mass is 28.3. The molecule has 3 aliphatic rings. The zero-order valence-electron chi connectivity index (χ0n) is 39.3. The van der Waals surface area contributed by atoms with E-state index >= 15 is 0 Å². The summed E-state index contributed by atoms with van der Waals surface area (Å²) in [6.45, 7) is 10.2. The molecule has 3 N–H and O–H groups in total. The van der Waals surface area contributed by atoms with Gasteiger partial charge in [-0.15, -0.1) is 0 Å². The SMILES string of the molecule is CN1CCN(c2ccc3nc(-c4ccc5nc(-c6ccc(OCCNC(=O)c7ccc8c(c7)COC87c8ccc(N(C)C)cc8[Si](C)(C)c8cc(N(C)C)ccc87)cc6)[nH]c5c4)[nH]c3c2)CC1. The van der Waals surface area contributed by atoms with Crippen LogP contribution in [0, 0.1) is 0 Å². The van der Waals surface area contributed by atoms with Crippen molar-refractivity contribution in [2.75, 3.05) is 89.3 Å². The minimum absolute atomic E-state index is 0.143. The third-order valence-electron chi connectivity index (χ3n) is 14.2. The number of benzene rings is 6. The number of anilines is 3. The number of H-pyrrole nitrogens is 2. The molecule has 0 bridgehead atoms. The molecule has 12 nitrogen and oxygen atoms in total. The van der Waals surface area contributed by atoms with Crippen LogP contribution in [0.5, 0.6) is 5.75 Å². The third kappa shape index (κ3) is 7.41. The average Bonchev–Trinajstić information content (AvgIpc) is 4.08. The number of fused-ring (bicyclic) bond motifs is 8. The Kier molecular flexibility index (Phi) is 10.5. The first-order valence-electron chi connectivity index (χ1n) is 23.2. The van der Waals surface area contributed by atoms with Crippen molar-refractivity contribution in [1.29, 1.82) is 0 Å². The lowest BCUT2D eigenvalue weighted by molar-refractivity contribution is 0.0276. The summed E-state index contributed by atoms with van der Waals surface area (Å²) in [5.74, 6) is 2.18. The Hall–Kier alpha value is -6.93. The fourth-order valence-electron chi connectivity index (χ4n) is 10.3. The minimum atomic E-state index is -2.14. The molecule has 13 heteroatoms. The summed E-state index contributed by atoms with van der Waals surface area (Å²) in [7, 11) is 8.41. The number of hydrogen-bond donors (Lipinski definition) is 3. The van der Waals surface area contributed by atoms with Crippen LogP contribution in [-0.2, 0) is 16.9 Å². The van der Waals surface area contributed by atoms with E-state index in [0.717, 1.165) is 82.1 Å². The van der Waals surface area contributed by atoms with Crippen molar-refractivity contribution in [3.63, 3.8) is 0 Å². The minimum Gasteiger partial charge on any atom is -0.492 e. The van der Waals surface area contributed by atoms with E-state index in [9.17, 15) is 4.79 Å². The average molecular weight is 908 g/mol. The lowest BCUT2D eigenvalue weighted by Crippen LogP contribution is -2.63. The first-order chi connectivity index (χ1) is 32.3. The van der Waals surface area contributed by atoms with E-state index in [2.05, 4.69) is 156 Å². The van der Waals surface area contributed by atoms with Gasteiger partial charge < -0.3 is 44.4 Å². The first-order valence-corrected chi connectivity index (χ1v) is 26.2. The number of rotatable bonds is 10. The molecule has 1 fully saturated rings. The van der Waals surface area contributed by atoms with Gasteiger partial charge in [-0.1, -0.05) is 31.3 Å². The van der Waals surface area contributed by atoms with Crippen LogP contribution in [0.1, 0.15) is 32.6 Å². The van der Waals surface area contributed by atoms with Gasteiger partial charge in [-0.05, 0) is 137 Å². The van der Waals surface area contributed by atoms with Gasteiger partial charge in [0.15, 0.2) is 0 Å². The second-order valence-corrected chi connectivity index (χ2v) is 23.6. The molecule has 340 valence electrons. The Bertz CT molecular complexity index is 3140. The van der Waals surface area contributed by atoms with E-state index in [0.29, 0.717) is 31.1 Å². The number of imidazole rings is 2. The van der Waals surface area contributed by atoms with Gasteiger partial charge in [0.05, 0.1) is 35.2 Å². The molecule has 2 aromatic heterocycles. The van der Waals surface area contributed by atoms with Crippen LogP contribution in [0.25, 0.3) is 44.8 Å². The van der Waals surface area contributed by atoms with Crippen molar-refractivity contribution in [3.05, 3.63) is 143 Å². The quantitative estimate of drug-likeness (QED) is 0.0953. The molecule has 67 heavy (non-hydrogen) atoms. The number of nitrogens with zero attached hydrogens (tertiary/aromatic N) is 6. The number of aromatic amines is 2. The Morgan fingerprint density at radius 1 is 0.716 bits per heavy atom. The number of amides is 1. The van der Waals surface area contributed by atoms with Gasteiger partial charge in [0.1, 0.15) is 37.7 Å². The molecule has 6 aromatic carbocycles. The molecule has 0 saturated carbocycles. The number of aromatic nitrogens is 4. The van der Waals surface area contributed by atoms with Crippen LogP contribution >= 0.6 is 0 Å². The van der Waals surface area contributed by atoms with E-state index < -0.39 is 13.7 Å². The van der Waals surface area contributed by atoms with Crippen molar-refractivity contribution in [3.8, 4) is 28.5 Å². The highest BCUT2D eigenvalue weighted by Crippen LogP contribution is 2.49. The molecular weight excluding hydrogens is 851 g/mol. The zero-order valence-corrected chi connectivity index (χ0v) is 40.3. The number of hydrogen-bond acceptors (Lipinski definition) is 9. The smallest absolute Gasteiger partial charge is 0.251 e. The Balaban J connectivity index is 0.744. The molecule has 0 unspecified atom stereocenters. The Labute approximate surface area is 392 Å². The van der Waals surface area contributed by atoms with E-state index in [4.69, 9.17) is 19.4 Å². The van der Waals surface area contributed by atoms with Crippen LogP contribution < -0.4 is 35.1 Å². The molecule has 1 spiro atoms. The summed E-state index contributed by atoms with van der Waals surface area (Å²) in [6.07, 6.45) is 0. The Morgan fingerprint density at radius 3 is 1.97 bits per heavy atom. The van der Waals surface area contributed by atoms with Gasteiger partial charge in [0, 0.05) is 88.1 Å². The summed E-state index contributed by atoms with van der Waals surface area (Å²) in [5.41, 5.74) is 13.7. The van der Waals surface area contributed by atoms with Crippen molar-refractivity contribution < 1.29 is 14.3 Å². The molecule has 1 saturated heterocycles. The van der Waals surface area contributed by atoms with Crippen LogP contribution in [0.4, 0.5) is 17.1 Å². The van der Waals surface area contributed by atoms with Crippen molar-refractivity contribution in [1.82, 2.24) is 30.2 Å². The van der Waals surface area contributed by atoms with Crippen LogP contribution in [0.15, 0.2) is 115 Å². The second kappa shape index (κ2) is 16.4. The van der Waals surface area contributed by atoms with Gasteiger partial charge in [0.25, 0.3) is 5.91 Å². The Morgan fingerprint density at radius 2 is 1.31 bits per heavy atom. The molecular formula is C54H57N9O3Si. The van der Waals surface area contributed by atoms with Gasteiger partial charge in [-0.2, -0.15) is 0 Å². The lowest BCUT2D eigenvalue weighted by Gasteiger charge is -2.45. The maximum absolute atomic E-state index is 13.6. The van der Waals surface area contributed by atoms with E-state index in [1.54, 1.807) is 0 Å². The fourth-order valence-corrected chi connectivity index (χ4v) is 13.5. The first kappa shape index (κ1) is 42.7. The van der Waals surface area contributed by atoms with Gasteiger partial charge in [-0.3, -0.25) is 4.79 Å². The van der Waals surface area contributed by atoms with Crippen LogP contribution in [0.3, 0.4) is 0 Å². The van der Waals surface area contributed by atoms with Crippen LogP contribution in [0.2, 0.25) is 13.1 Å². The molecule has 5 heterocycles. The van der Waals surface area contributed by atoms with Crippen LogP contribution in [-0.4, -0.2) is 113 Å². The summed E-state index contributed by atoms with van der Waals surface area (Å²) in [5, 5.41) is 5.83. The number of carbonyl (C=O) groups excluding carboxylic acids is 1. The van der Waals surface area contributed by atoms with Gasteiger partial charge >= 0.3 is 0 Å². The van der Waals surface area contributed by atoms with Crippen molar-refractivity contribution in [2.24, 2.45) is 0 Å². The normalized spacial score (nSPS) is 16.0. The molecule has 0 radical (unpaired) electrons. The predicted octanol–water partition coefficient (Wildman–Crippen LogP) is 7.42. The predicted molar refractivity (Wildman–Crippen MR) is 274 cm³/mol. The maximum Gasteiger partial charge on any atom is 0.251 e. The maximum atomic E-state index is 13.6. The monoisotopic (exact) mass is 907 g/mol. The highest BCUT2D eigenvalue weighted by Gasteiger charge is 2.53. The van der Waals surface area contributed by atoms with E-state index in [1.807, 2.05) is 42.5 Å². The standard InChI is InChI=1S/C54H57N9O3Si/c1-60(2)38-12-18-43-49(31-38)67(6,7)50-32-39(61(3)4)13-19-44(50)54(43)42-17-10-36(28-37(42)33-66-54)53(64)55-22-27-65-41-15-8-34(9-16-41)51-56-45-20-11-35(29-47(45)58-51)52-57-46-21-14-40(30-48(46)59-52)63-25-23-62(5)24-26-63/h8-21,28-32H,22-27,33H2,1-7H3,(H,55,64)(H,56,58)(H,57,59). The molecule has 0 aliphatic carbocycles. The molecule has 8 aromatic rings. The summed E-state index contributed by atoms with van der Waals surface area (Å²) < 4.78 is 13.1. The van der Waals surface area contributed by atoms with E-state index in [1.165, 1.54) is 38.6 Å². The number of nitrogens with one attached hydrogen (secondary N) is 3. The summed E-state index contributed by atoms with van der Waals surface area (Å²) >= 11 is 0. The molecule has 0 atom stereocenters. The van der Waals surface area contributed by atoms with Crippen molar-refractivity contribution in [2.45, 2.75) is 25.3 Å². The largest absolute Gasteiger partial charge is 0.492 e. The van der Waals surface area contributed by atoms with Gasteiger partial charge in [-0.25, -0.2) is 9.97 Å². The molecule has 3 aliphatic heterocycles. The zero-order chi connectivity index (χ0) is 46.2. The number of carbonyl (C=O) groups is 1. The topological polar surface area (TPSA) is 118 Å². The highest BCUT2D eigenvalue weighted by molar-refractivity contribution is 7.01. The summed E-state index contributed by atoms with van der Waals surface area (Å²) in [4.78, 5) is 39.6. The third-order valence-corrected chi connectivity index (χ3v) is 17.7. The summed E-state index contributed by atoms with van der Waals surface area (Å²) in [6, 6.07) is 40.3.